The largest absolute Gasteiger partial charge is 0.496 e. The van der Waals surface area contributed by atoms with Gasteiger partial charge in [0.25, 0.3) is 0 Å². The highest BCUT2D eigenvalue weighted by atomic mass is 32.2. The second kappa shape index (κ2) is 10.1. The molecule has 8 nitrogen and oxygen atoms in total. The van der Waals surface area contributed by atoms with Gasteiger partial charge in [0.2, 0.25) is 11.1 Å². The van der Waals surface area contributed by atoms with E-state index in [9.17, 15) is 4.79 Å². The number of amides is 1. The van der Waals surface area contributed by atoms with Crippen molar-refractivity contribution in [2.45, 2.75) is 17.3 Å². The van der Waals surface area contributed by atoms with Crippen molar-refractivity contribution in [2.24, 2.45) is 0 Å². The highest BCUT2D eigenvalue weighted by molar-refractivity contribution is 8.00. The van der Waals surface area contributed by atoms with Crippen molar-refractivity contribution in [3.8, 4) is 28.6 Å². The fourth-order valence-electron chi connectivity index (χ4n) is 3.06. The van der Waals surface area contributed by atoms with Crippen molar-refractivity contribution in [1.82, 2.24) is 14.9 Å². The molecule has 0 aliphatic carbocycles. The lowest BCUT2D eigenvalue weighted by molar-refractivity contribution is -0.115. The molecule has 9 heteroatoms. The monoisotopic (exact) mass is 461 g/mol. The lowest BCUT2D eigenvalue weighted by atomic mass is 10.2. The number of rotatable bonds is 8. The summed E-state index contributed by atoms with van der Waals surface area (Å²) in [5.74, 6) is 8.55. The molecule has 1 atom stereocenters. The van der Waals surface area contributed by atoms with Crippen molar-refractivity contribution in [3.05, 3.63) is 78.9 Å². The lowest BCUT2D eigenvalue weighted by Gasteiger charge is -2.12. The molecule has 0 bridgehead atoms. The van der Waals surface area contributed by atoms with Gasteiger partial charge in [0, 0.05) is 5.69 Å². The van der Waals surface area contributed by atoms with Crippen LogP contribution in [0.2, 0.25) is 0 Å². The second-order valence-electron chi connectivity index (χ2n) is 7.07. The molecule has 3 N–H and O–H groups in total. The fourth-order valence-corrected chi connectivity index (χ4v) is 3.83. The number of thioether (sulfide) groups is 1. The first-order valence-electron chi connectivity index (χ1n) is 10.2. The van der Waals surface area contributed by atoms with E-state index in [0.717, 1.165) is 11.3 Å². The van der Waals surface area contributed by atoms with Crippen LogP contribution in [-0.2, 0) is 4.79 Å². The smallest absolute Gasteiger partial charge is 0.237 e. The topological polar surface area (TPSA) is 104 Å². The number of carbonyl (C=O) groups is 1. The van der Waals surface area contributed by atoms with Gasteiger partial charge in [-0.2, -0.15) is 0 Å². The predicted molar refractivity (Wildman–Crippen MR) is 129 cm³/mol. The number of methoxy groups -OCH3 is 1. The van der Waals surface area contributed by atoms with E-state index >= 15 is 0 Å². The van der Waals surface area contributed by atoms with Crippen molar-refractivity contribution in [1.29, 1.82) is 0 Å². The van der Waals surface area contributed by atoms with Gasteiger partial charge in [-0.3, -0.25) is 4.79 Å². The zero-order valence-corrected chi connectivity index (χ0v) is 19.0. The minimum absolute atomic E-state index is 0.182. The third-order valence-electron chi connectivity index (χ3n) is 4.76. The molecular formula is C24H23N5O3S. The van der Waals surface area contributed by atoms with Crippen LogP contribution in [0.25, 0.3) is 11.4 Å². The summed E-state index contributed by atoms with van der Waals surface area (Å²) >= 11 is 1.22. The average Bonchev–Trinajstić information content (AvgIpc) is 3.20. The first-order valence-corrected chi connectivity index (χ1v) is 11.1. The maximum atomic E-state index is 12.7. The Hall–Kier alpha value is -3.98. The summed E-state index contributed by atoms with van der Waals surface area (Å²) < 4.78 is 12.5. The zero-order valence-electron chi connectivity index (χ0n) is 18.1. The van der Waals surface area contributed by atoms with Gasteiger partial charge >= 0.3 is 0 Å². The standard InChI is InChI=1S/C24H23N5O3S/c1-16(33-24-28-27-22(29(24)25)20-10-6-7-11-21(20)31-2)23(30)26-17-12-14-19(15-13-17)32-18-8-4-3-5-9-18/h3-16H,25H2,1-2H3,(H,26,30). The number of aromatic nitrogens is 3. The minimum atomic E-state index is -0.456. The number of hydrogen-bond acceptors (Lipinski definition) is 7. The number of carbonyl (C=O) groups excluding carboxylic acids is 1. The van der Waals surface area contributed by atoms with Crippen LogP contribution < -0.4 is 20.6 Å². The molecule has 33 heavy (non-hydrogen) atoms. The molecule has 0 aliphatic heterocycles. The number of anilines is 1. The summed E-state index contributed by atoms with van der Waals surface area (Å²) in [6.45, 7) is 1.78. The number of nitrogen functional groups attached to an aromatic ring is 1. The van der Waals surface area contributed by atoms with Gasteiger partial charge < -0.3 is 20.6 Å². The van der Waals surface area contributed by atoms with E-state index in [1.165, 1.54) is 16.4 Å². The Morgan fingerprint density at radius 3 is 2.36 bits per heavy atom. The molecule has 0 spiro atoms. The van der Waals surface area contributed by atoms with E-state index in [1.54, 1.807) is 38.3 Å². The maximum Gasteiger partial charge on any atom is 0.237 e. The highest BCUT2D eigenvalue weighted by Crippen LogP contribution is 2.31. The molecule has 0 fully saturated rings. The molecule has 1 aromatic heterocycles. The van der Waals surface area contributed by atoms with Crippen LogP contribution >= 0.6 is 11.8 Å². The van der Waals surface area contributed by atoms with Gasteiger partial charge in [-0.05, 0) is 55.5 Å². The van der Waals surface area contributed by atoms with Crippen LogP contribution in [0, 0.1) is 0 Å². The molecular weight excluding hydrogens is 438 g/mol. The molecule has 0 aliphatic rings. The second-order valence-corrected chi connectivity index (χ2v) is 8.37. The average molecular weight is 462 g/mol. The fraction of sp³-hybridized carbons (Fsp3) is 0.125. The molecule has 4 aromatic rings. The Labute approximate surface area is 195 Å². The van der Waals surface area contributed by atoms with E-state index in [1.807, 2.05) is 54.6 Å². The number of benzene rings is 3. The molecule has 1 heterocycles. The number of hydrogen-bond donors (Lipinski definition) is 2. The number of nitrogens with two attached hydrogens (primary N) is 1. The summed E-state index contributed by atoms with van der Waals surface area (Å²) in [5.41, 5.74) is 1.38. The van der Waals surface area contributed by atoms with E-state index in [4.69, 9.17) is 15.3 Å². The van der Waals surface area contributed by atoms with Gasteiger partial charge in [-0.25, -0.2) is 4.68 Å². The van der Waals surface area contributed by atoms with Gasteiger partial charge in [-0.1, -0.05) is 42.1 Å². The Morgan fingerprint density at radius 2 is 1.64 bits per heavy atom. The summed E-state index contributed by atoms with van der Waals surface area (Å²) in [4.78, 5) is 12.7. The SMILES string of the molecule is COc1ccccc1-c1nnc(SC(C)C(=O)Nc2ccc(Oc3ccccc3)cc2)n1N. The van der Waals surface area contributed by atoms with Crippen molar-refractivity contribution >= 4 is 23.4 Å². The van der Waals surface area contributed by atoms with E-state index in [0.29, 0.717) is 28.2 Å². The third-order valence-corrected chi connectivity index (χ3v) is 5.82. The molecule has 1 amide bonds. The maximum absolute atomic E-state index is 12.7. The quantitative estimate of drug-likeness (QED) is 0.292. The van der Waals surface area contributed by atoms with Gasteiger partial charge in [0.15, 0.2) is 5.82 Å². The van der Waals surface area contributed by atoms with Crippen molar-refractivity contribution in [3.63, 3.8) is 0 Å². The number of nitrogens with one attached hydrogen (secondary N) is 1. The van der Waals surface area contributed by atoms with Crippen molar-refractivity contribution in [2.75, 3.05) is 18.3 Å². The summed E-state index contributed by atoms with van der Waals surface area (Å²) in [6, 6.07) is 24.1. The highest BCUT2D eigenvalue weighted by Gasteiger charge is 2.21. The van der Waals surface area contributed by atoms with Gasteiger partial charge in [0.05, 0.1) is 17.9 Å². The Balaban J connectivity index is 1.39. The molecule has 1 unspecified atom stereocenters. The Morgan fingerprint density at radius 1 is 0.970 bits per heavy atom. The molecule has 0 radical (unpaired) electrons. The lowest BCUT2D eigenvalue weighted by Crippen LogP contribution is -2.23. The number of ether oxygens (including phenoxy) is 2. The van der Waals surface area contributed by atoms with Crippen LogP contribution in [0.1, 0.15) is 6.92 Å². The van der Waals surface area contributed by atoms with Crippen LogP contribution in [0.3, 0.4) is 0 Å². The third kappa shape index (κ3) is 5.27. The van der Waals surface area contributed by atoms with E-state index < -0.39 is 5.25 Å². The summed E-state index contributed by atoms with van der Waals surface area (Å²) in [7, 11) is 1.58. The van der Waals surface area contributed by atoms with E-state index in [2.05, 4.69) is 15.5 Å². The summed E-state index contributed by atoms with van der Waals surface area (Å²) in [6.07, 6.45) is 0. The number of nitrogens with zero attached hydrogens (tertiary/aromatic N) is 3. The normalized spacial score (nSPS) is 11.6. The van der Waals surface area contributed by atoms with Crippen LogP contribution in [0.5, 0.6) is 17.2 Å². The molecule has 4 rings (SSSR count). The first-order chi connectivity index (χ1) is 16.0. The van der Waals surface area contributed by atoms with E-state index in [-0.39, 0.29) is 5.91 Å². The van der Waals surface area contributed by atoms with Crippen LogP contribution in [0.15, 0.2) is 84.0 Å². The molecule has 0 saturated heterocycles. The molecule has 168 valence electrons. The van der Waals surface area contributed by atoms with Crippen LogP contribution in [0.4, 0.5) is 5.69 Å². The molecule has 3 aromatic carbocycles. The summed E-state index contributed by atoms with van der Waals surface area (Å²) in [5, 5.41) is 11.2. The Bertz CT molecular complexity index is 1230. The van der Waals surface area contributed by atoms with Gasteiger partial charge in [0.1, 0.15) is 17.2 Å². The zero-order chi connectivity index (χ0) is 23.2. The Kier molecular flexibility index (Phi) is 6.80. The minimum Gasteiger partial charge on any atom is -0.496 e. The first kappa shape index (κ1) is 22.2. The molecule has 0 saturated carbocycles. The van der Waals surface area contributed by atoms with Gasteiger partial charge in [-0.15, -0.1) is 10.2 Å². The number of para-hydroxylation sites is 2. The van der Waals surface area contributed by atoms with Crippen LogP contribution in [-0.4, -0.2) is 33.1 Å². The van der Waals surface area contributed by atoms with Crippen molar-refractivity contribution < 1.29 is 14.3 Å². The predicted octanol–water partition coefficient (Wildman–Crippen LogP) is 4.58.